The van der Waals surface area contributed by atoms with Gasteiger partial charge in [-0.25, -0.2) is 0 Å². The normalized spacial score (nSPS) is 26.3. The van der Waals surface area contributed by atoms with Crippen molar-refractivity contribution in [3.05, 3.63) is 0 Å². The zero-order valence-electron chi connectivity index (χ0n) is 6.52. The van der Waals surface area contributed by atoms with E-state index in [0.29, 0.717) is 5.25 Å². The minimum atomic E-state index is 0.646. The van der Waals surface area contributed by atoms with Gasteiger partial charge in [-0.15, -0.1) is 17.7 Å². The molecule has 1 unspecified atom stereocenters. The van der Waals surface area contributed by atoms with Gasteiger partial charge < -0.3 is 0 Å². The molecule has 0 aromatic rings. The molecule has 1 fully saturated rings. The van der Waals surface area contributed by atoms with E-state index in [1.165, 1.54) is 31.4 Å². The largest absolute Gasteiger partial charge is 0.145 e. The molecule has 0 amide bonds. The number of hydrogen-bond donors (Lipinski definition) is 0. The summed E-state index contributed by atoms with van der Waals surface area (Å²) in [4.78, 5) is 0. The molecule has 0 N–H and O–H groups in total. The van der Waals surface area contributed by atoms with Gasteiger partial charge in [0.15, 0.2) is 0 Å². The van der Waals surface area contributed by atoms with Crippen LogP contribution in [0.25, 0.3) is 0 Å². The SMILES string of the molecule is CC#CC1CCCCCS1. The Morgan fingerprint density at radius 2 is 2.20 bits per heavy atom. The molecule has 1 atom stereocenters. The van der Waals surface area contributed by atoms with Crippen LogP contribution in [0.2, 0.25) is 0 Å². The van der Waals surface area contributed by atoms with Crippen molar-refractivity contribution in [2.24, 2.45) is 0 Å². The van der Waals surface area contributed by atoms with Crippen molar-refractivity contribution in [2.75, 3.05) is 5.75 Å². The first-order chi connectivity index (χ1) is 4.93. The fourth-order valence-corrected chi connectivity index (χ4v) is 2.38. The zero-order chi connectivity index (χ0) is 7.23. The van der Waals surface area contributed by atoms with E-state index in [1.807, 2.05) is 18.7 Å². The predicted octanol–water partition coefficient (Wildman–Crippen LogP) is 2.69. The van der Waals surface area contributed by atoms with Crippen molar-refractivity contribution in [1.29, 1.82) is 0 Å². The van der Waals surface area contributed by atoms with E-state index in [1.54, 1.807) is 0 Å². The topological polar surface area (TPSA) is 0 Å². The van der Waals surface area contributed by atoms with Gasteiger partial charge in [0.1, 0.15) is 0 Å². The predicted molar refractivity (Wildman–Crippen MR) is 48.2 cm³/mol. The molecule has 0 spiro atoms. The average Bonchev–Trinajstić information content (AvgIpc) is 2.17. The third kappa shape index (κ3) is 2.66. The molecule has 0 radical (unpaired) electrons. The van der Waals surface area contributed by atoms with Crippen LogP contribution in [0, 0.1) is 11.8 Å². The minimum Gasteiger partial charge on any atom is -0.145 e. The maximum absolute atomic E-state index is 3.24. The lowest BCUT2D eigenvalue weighted by molar-refractivity contribution is 0.706. The molecule has 10 heavy (non-hydrogen) atoms. The minimum absolute atomic E-state index is 0.646. The van der Waals surface area contributed by atoms with Crippen molar-refractivity contribution < 1.29 is 0 Å². The fraction of sp³-hybridized carbons (Fsp3) is 0.778. The second-order valence-electron chi connectivity index (χ2n) is 2.60. The van der Waals surface area contributed by atoms with Crippen LogP contribution in [0.3, 0.4) is 0 Å². The monoisotopic (exact) mass is 154 g/mol. The van der Waals surface area contributed by atoms with Gasteiger partial charge in [-0.3, -0.25) is 0 Å². The van der Waals surface area contributed by atoms with Crippen molar-refractivity contribution in [3.8, 4) is 11.8 Å². The van der Waals surface area contributed by atoms with Crippen LogP contribution in [0.4, 0.5) is 0 Å². The van der Waals surface area contributed by atoms with Crippen molar-refractivity contribution in [1.82, 2.24) is 0 Å². The van der Waals surface area contributed by atoms with E-state index < -0.39 is 0 Å². The van der Waals surface area contributed by atoms with Crippen molar-refractivity contribution in [2.45, 2.75) is 37.9 Å². The third-order valence-corrected chi connectivity index (χ3v) is 3.02. The zero-order valence-corrected chi connectivity index (χ0v) is 7.34. The van der Waals surface area contributed by atoms with E-state index >= 15 is 0 Å². The molecule has 0 saturated carbocycles. The summed E-state index contributed by atoms with van der Waals surface area (Å²) < 4.78 is 0. The second-order valence-corrected chi connectivity index (χ2v) is 3.91. The maximum Gasteiger partial charge on any atom is 0.0657 e. The Balaban J connectivity index is 2.33. The summed E-state index contributed by atoms with van der Waals surface area (Å²) in [6, 6.07) is 0. The summed E-state index contributed by atoms with van der Waals surface area (Å²) in [5.41, 5.74) is 0. The maximum atomic E-state index is 3.24. The van der Waals surface area contributed by atoms with E-state index in [0.717, 1.165) is 0 Å². The molecule has 1 saturated heterocycles. The van der Waals surface area contributed by atoms with Crippen LogP contribution < -0.4 is 0 Å². The Labute approximate surface area is 67.8 Å². The average molecular weight is 154 g/mol. The summed E-state index contributed by atoms with van der Waals surface area (Å²) in [6.07, 6.45) is 5.50. The highest BCUT2D eigenvalue weighted by Crippen LogP contribution is 2.23. The highest BCUT2D eigenvalue weighted by molar-refractivity contribution is 8.00. The number of hydrogen-bond acceptors (Lipinski definition) is 1. The van der Waals surface area contributed by atoms with E-state index in [9.17, 15) is 0 Å². The summed E-state index contributed by atoms with van der Waals surface area (Å²) in [7, 11) is 0. The Hall–Kier alpha value is -0.0900. The van der Waals surface area contributed by atoms with Crippen LogP contribution in [-0.2, 0) is 0 Å². The Morgan fingerprint density at radius 1 is 1.30 bits per heavy atom. The molecule has 1 aliphatic rings. The molecule has 1 aliphatic heterocycles. The van der Waals surface area contributed by atoms with Gasteiger partial charge in [0.25, 0.3) is 0 Å². The first kappa shape index (κ1) is 8.01. The first-order valence-electron chi connectivity index (χ1n) is 3.97. The summed E-state index contributed by atoms with van der Waals surface area (Å²) in [6.45, 7) is 1.94. The summed E-state index contributed by atoms with van der Waals surface area (Å²) >= 11 is 2.03. The molecular weight excluding hydrogens is 140 g/mol. The van der Waals surface area contributed by atoms with Gasteiger partial charge in [-0.1, -0.05) is 18.8 Å². The molecule has 1 rings (SSSR count). The second kappa shape index (κ2) is 4.68. The van der Waals surface area contributed by atoms with Gasteiger partial charge in [-0.2, -0.15) is 0 Å². The fourth-order valence-electron chi connectivity index (χ4n) is 1.19. The van der Waals surface area contributed by atoms with Crippen molar-refractivity contribution >= 4 is 11.8 Å². The Morgan fingerprint density at radius 3 is 3.00 bits per heavy atom. The van der Waals surface area contributed by atoms with Crippen LogP contribution >= 0.6 is 11.8 Å². The van der Waals surface area contributed by atoms with E-state index in [-0.39, 0.29) is 0 Å². The summed E-state index contributed by atoms with van der Waals surface area (Å²) in [5, 5.41) is 0.646. The third-order valence-electron chi connectivity index (χ3n) is 1.74. The van der Waals surface area contributed by atoms with Crippen molar-refractivity contribution in [3.63, 3.8) is 0 Å². The quantitative estimate of drug-likeness (QED) is 0.483. The van der Waals surface area contributed by atoms with Gasteiger partial charge in [0.05, 0.1) is 5.25 Å². The van der Waals surface area contributed by atoms with Crippen LogP contribution in [0.15, 0.2) is 0 Å². The molecule has 0 aromatic heterocycles. The standard InChI is InChI=1S/C9H14S/c1-2-6-9-7-4-3-5-8-10-9/h9H,3-5,7-8H2,1H3. The highest BCUT2D eigenvalue weighted by atomic mass is 32.2. The van der Waals surface area contributed by atoms with Gasteiger partial charge in [0.2, 0.25) is 0 Å². The first-order valence-corrected chi connectivity index (χ1v) is 5.02. The number of rotatable bonds is 0. The van der Waals surface area contributed by atoms with Gasteiger partial charge in [-0.05, 0) is 25.5 Å². The molecule has 1 heteroatoms. The van der Waals surface area contributed by atoms with Gasteiger partial charge >= 0.3 is 0 Å². The lowest BCUT2D eigenvalue weighted by atomic mass is 10.2. The smallest absolute Gasteiger partial charge is 0.0657 e. The lowest BCUT2D eigenvalue weighted by Gasteiger charge is -2.02. The molecule has 56 valence electrons. The molecule has 0 aromatic carbocycles. The molecule has 0 aliphatic carbocycles. The van der Waals surface area contributed by atoms with Crippen LogP contribution in [-0.4, -0.2) is 11.0 Å². The highest BCUT2D eigenvalue weighted by Gasteiger charge is 2.08. The van der Waals surface area contributed by atoms with E-state index in [4.69, 9.17) is 0 Å². The molecule has 0 nitrogen and oxygen atoms in total. The summed E-state index contributed by atoms with van der Waals surface area (Å²) in [5.74, 6) is 7.55. The van der Waals surface area contributed by atoms with Crippen LogP contribution in [0.1, 0.15) is 32.6 Å². The Kier molecular flexibility index (Phi) is 3.75. The van der Waals surface area contributed by atoms with Gasteiger partial charge in [0, 0.05) is 0 Å². The molecule has 0 bridgehead atoms. The number of thioether (sulfide) groups is 1. The van der Waals surface area contributed by atoms with Crippen LogP contribution in [0.5, 0.6) is 0 Å². The lowest BCUT2D eigenvalue weighted by Crippen LogP contribution is -1.96. The molecular formula is C9H14S. The molecule has 1 heterocycles. The van der Waals surface area contributed by atoms with E-state index in [2.05, 4.69) is 11.8 Å². The Bertz CT molecular complexity index is 133.